The Kier molecular flexibility index (Phi) is 2.56. The highest BCUT2D eigenvalue weighted by Crippen LogP contribution is 2.29. The molecule has 0 aliphatic carbocycles. The van der Waals surface area contributed by atoms with Crippen molar-refractivity contribution in [2.24, 2.45) is 7.05 Å². The Bertz CT molecular complexity index is 753. The van der Waals surface area contributed by atoms with Gasteiger partial charge in [0.15, 0.2) is 11.6 Å². The fourth-order valence-corrected chi connectivity index (χ4v) is 1.86. The third kappa shape index (κ3) is 1.97. The summed E-state index contributed by atoms with van der Waals surface area (Å²) in [6, 6.07) is 6.09. The molecule has 0 atom stereocenters. The van der Waals surface area contributed by atoms with E-state index in [1.54, 1.807) is 6.07 Å². The molecule has 0 spiro atoms. The number of benzene rings is 1. The van der Waals surface area contributed by atoms with Gasteiger partial charge in [0.1, 0.15) is 11.8 Å². The van der Waals surface area contributed by atoms with Crippen LogP contribution in [0.5, 0.6) is 11.6 Å². The number of aryl methyl sites for hydroxylation is 1. The van der Waals surface area contributed by atoms with E-state index in [1.807, 2.05) is 23.9 Å². The molecule has 19 heavy (non-hydrogen) atoms. The van der Waals surface area contributed by atoms with Crippen molar-refractivity contribution in [2.45, 2.75) is 0 Å². The lowest BCUT2D eigenvalue weighted by atomic mass is 10.3. The van der Waals surface area contributed by atoms with Crippen LogP contribution in [0.1, 0.15) is 0 Å². The maximum Gasteiger partial charge on any atom is 0.247 e. The Balaban J connectivity index is 2.08. The van der Waals surface area contributed by atoms with E-state index in [0.29, 0.717) is 17.1 Å². The fraction of sp³-hybridized carbons (Fsp3) is 0.0769. The number of nitrogens with two attached hydrogens (primary N) is 1. The Hall–Kier alpha value is -2.63. The summed E-state index contributed by atoms with van der Waals surface area (Å²) in [5.74, 6) is -0.141. The van der Waals surface area contributed by atoms with Crippen molar-refractivity contribution >= 4 is 16.7 Å². The van der Waals surface area contributed by atoms with Crippen LogP contribution in [0, 0.1) is 5.82 Å². The number of fused-ring (bicyclic) bond motifs is 1. The number of hydrogen-bond acceptors (Lipinski definition) is 4. The normalized spacial score (nSPS) is 10.8. The third-order valence-electron chi connectivity index (χ3n) is 2.79. The summed E-state index contributed by atoms with van der Waals surface area (Å²) < 4.78 is 21.0. The second-order valence-corrected chi connectivity index (χ2v) is 4.13. The van der Waals surface area contributed by atoms with Gasteiger partial charge in [0.2, 0.25) is 5.88 Å². The molecule has 0 saturated carbocycles. The molecular formula is C13H11FN4O. The van der Waals surface area contributed by atoms with Crippen LogP contribution in [0.3, 0.4) is 0 Å². The average molecular weight is 258 g/mol. The van der Waals surface area contributed by atoms with Crippen molar-refractivity contribution in [3.8, 4) is 11.6 Å². The molecule has 5 nitrogen and oxygen atoms in total. The summed E-state index contributed by atoms with van der Waals surface area (Å²) in [4.78, 5) is 8.16. The smallest absolute Gasteiger partial charge is 0.247 e. The van der Waals surface area contributed by atoms with Crippen LogP contribution in [-0.2, 0) is 7.05 Å². The molecule has 2 aromatic heterocycles. The van der Waals surface area contributed by atoms with Crippen LogP contribution in [0.4, 0.5) is 10.1 Å². The second kappa shape index (κ2) is 4.24. The highest BCUT2D eigenvalue weighted by Gasteiger charge is 2.12. The molecule has 0 unspecified atom stereocenters. The SMILES string of the molecule is Cn1ccc2ncnc(Oc3ccc(N)cc3F)c21. The van der Waals surface area contributed by atoms with E-state index in [0.717, 1.165) is 5.52 Å². The molecule has 2 N–H and O–H groups in total. The number of ether oxygens (including phenoxy) is 1. The van der Waals surface area contributed by atoms with Crippen LogP contribution in [0.25, 0.3) is 11.0 Å². The first-order valence-corrected chi connectivity index (χ1v) is 5.64. The topological polar surface area (TPSA) is 66.0 Å². The zero-order chi connectivity index (χ0) is 13.4. The van der Waals surface area contributed by atoms with Crippen molar-refractivity contribution in [1.29, 1.82) is 0 Å². The Morgan fingerprint density at radius 1 is 1.26 bits per heavy atom. The van der Waals surface area contributed by atoms with Gasteiger partial charge in [-0.2, -0.15) is 4.98 Å². The fourth-order valence-electron chi connectivity index (χ4n) is 1.86. The molecule has 0 amide bonds. The molecule has 0 aliphatic heterocycles. The predicted molar refractivity (Wildman–Crippen MR) is 69.4 cm³/mol. The molecule has 0 bridgehead atoms. The first-order valence-electron chi connectivity index (χ1n) is 5.64. The Morgan fingerprint density at radius 3 is 2.89 bits per heavy atom. The minimum atomic E-state index is -0.527. The maximum absolute atomic E-state index is 13.7. The first kappa shape index (κ1) is 11.5. The van der Waals surface area contributed by atoms with E-state index in [-0.39, 0.29) is 5.75 Å². The lowest BCUT2D eigenvalue weighted by Crippen LogP contribution is -1.96. The van der Waals surface area contributed by atoms with Gasteiger partial charge in [-0.1, -0.05) is 0 Å². The van der Waals surface area contributed by atoms with Gasteiger partial charge < -0.3 is 15.0 Å². The monoisotopic (exact) mass is 258 g/mol. The van der Waals surface area contributed by atoms with Gasteiger partial charge in [-0.3, -0.25) is 0 Å². The molecule has 0 saturated heterocycles. The van der Waals surface area contributed by atoms with Crippen LogP contribution < -0.4 is 10.5 Å². The maximum atomic E-state index is 13.7. The molecule has 2 heterocycles. The number of halogens is 1. The minimum absolute atomic E-state index is 0.0791. The Labute approximate surface area is 108 Å². The van der Waals surface area contributed by atoms with Crippen LogP contribution in [0.15, 0.2) is 36.8 Å². The molecular weight excluding hydrogens is 247 g/mol. The predicted octanol–water partition coefficient (Wildman–Crippen LogP) is 2.48. The van der Waals surface area contributed by atoms with Crippen molar-refractivity contribution < 1.29 is 9.13 Å². The van der Waals surface area contributed by atoms with Crippen molar-refractivity contribution in [1.82, 2.24) is 14.5 Å². The van der Waals surface area contributed by atoms with Gasteiger partial charge in [0.25, 0.3) is 0 Å². The van der Waals surface area contributed by atoms with E-state index in [4.69, 9.17) is 10.5 Å². The number of hydrogen-bond donors (Lipinski definition) is 1. The van der Waals surface area contributed by atoms with E-state index in [2.05, 4.69) is 9.97 Å². The number of nitrogens with zero attached hydrogens (tertiary/aromatic N) is 3. The number of rotatable bonds is 2. The van der Waals surface area contributed by atoms with Gasteiger partial charge in [0.05, 0.1) is 5.52 Å². The molecule has 96 valence electrons. The summed E-state index contributed by atoms with van der Waals surface area (Å²) in [5.41, 5.74) is 7.28. The number of nitrogen functional groups attached to an aromatic ring is 1. The molecule has 6 heteroatoms. The van der Waals surface area contributed by atoms with Crippen molar-refractivity contribution in [3.63, 3.8) is 0 Å². The van der Waals surface area contributed by atoms with Crippen LogP contribution in [-0.4, -0.2) is 14.5 Å². The molecule has 0 radical (unpaired) electrons. The summed E-state index contributed by atoms with van der Waals surface area (Å²) in [6.07, 6.45) is 3.22. The van der Waals surface area contributed by atoms with Gasteiger partial charge in [-0.25, -0.2) is 9.37 Å². The van der Waals surface area contributed by atoms with Gasteiger partial charge in [-0.05, 0) is 18.2 Å². The molecule has 3 aromatic rings. The summed E-state index contributed by atoms with van der Waals surface area (Å²) >= 11 is 0. The van der Waals surface area contributed by atoms with E-state index in [1.165, 1.54) is 18.5 Å². The lowest BCUT2D eigenvalue weighted by Gasteiger charge is -2.08. The highest BCUT2D eigenvalue weighted by molar-refractivity contribution is 5.80. The number of anilines is 1. The summed E-state index contributed by atoms with van der Waals surface area (Å²) in [5, 5.41) is 0. The minimum Gasteiger partial charge on any atom is -0.434 e. The summed E-state index contributed by atoms with van der Waals surface area (Å²) in [7, 11) is 1.85. The molecule has 3 rings (SSSR count). The van der Waals surface area contributed by atoms with Crippen molar-refractivity contribution in [3.05, 3.63) is 42.6 Å². The third-order valence-corrected chi connectivity index (χ3v) is 2.79. The highest BCUT2D eigenvalue weighted by atomic mass is 19.1. The lowest BCUT2D eigenvalue weighted by molar-refractivity contribution is 0.430. The van der Waals surface area contributed by atoms with E-state index < -0.39 is 5.82 Å². The Morgan fingerprint density at radius 2 is 2.11 bits per heavy atom. The second-order valence-electron chi connectivity index (χ2n) is 4.13. The largest absolute Gasteiger partial charge is 0.434 e. The molecule has 0 fully saturated rings. The van der Waals surface area contributed by atoms with E-state index >= 15 is 0 Å². The van der Waals surface area contributed by atoms with Crippen LogP contribution >= 0.6 is 0 Å². The zero-order valence-corrected chi connectivity index (χ0v) is 10.2. The molecule has 1 aromatic carbocycles. The van der Waals surface area contributed by atoms with Gasteiger partial charge in [0, 0.05) is 25.0 Å². The van der Waals surface area contributed by atoms with Gasteiger partial charge >= 0.3 is 0 Å². The van der Waals surface area contributed by atoms with Gasteiger partial charge in [-0.15, -0.1) is 0 Å². The number of aromatic nitrogens is 3. The van der Waals surface area contributed by atoms with E-state index in [9.17, 15) is 4.39 Å². The zero-order valence-electron chi connectivity index (χ0n) is 10.2. The summed E-state index contributed by atoms with van der Waals surface area (Å²) in [6.45, 7) is 0. The first-order chi connectivity index (χ1) is 9.15. The van der Waals surface area contributed by atoms with Crippen molar-refractivity contribution in [2.75, 3.05) is 5.73 Å². The average Bonchev–Trinajstić information content (AvgIpc) is 2.76. The quantitative estimate of drug-likeness (QED) is 0.717. The van der Waals surface area contributed by atoms with Crippen LogP contribution in [0.2, 0.25) is 0 Å². The molecule has 0 aliphatic rings. The standard InChI is InChI=1S/C13H11FN4O/c1-18-5-4-10-12(18)13(17-7-16-10)19-11-3-2-8(15)6-9(11)14/h2-7H,15H2,1H3.